The molecule has 3 heterocycles. The van der Waals surface area contributed by atoms with Crippen molar-refractivity contribution in [1.29, 1.82) is 5.26 Å². The highest BCUT2D eigenvalue weighted by Gasteiger charge is 2.69. The van der Waals surface area contributed by atoms with E-state index in [2.05, 4.69) is 35.9 Å². The molecule has 4 aliphatic rings. The Labute approximate surface area is 253 Å². The van der Waals surface area contributed by atoms with E-state index >= 15 is 0 Å². The van der Waals surface area contributed by atoms with E-state index in [0.29, 0.717) is 37.6 Å². The molecule has 0 bridgehead atoms. The van der Waals surface area contributed by atoms with Crippen molar-refractivity contribution in [2.75, 3.05) is 25.1 Å². The van der Waals surface area contributed by atoms with Gasteiger partial charge in [0.2, 0.25) is 17.7 Å². The van der Waals surface area contributed by atoms with Crippen LogP contribution in [0, 0.1) is 39.9 Å². The summed E-state index contributed by atoms with van der Waals surface area (Å²) in [7, 11) is 0. The molecule has 0 spiro atoms. The summed E-state index contributed by atoms with van der Waals surface area (Å²) in [6, 6.07) is 6.50. The number of amides is 4. The number of hydrogen-bond acceptors (Lipinski definition) is 7. The van der Waals surface area contributed by atoms with Crippen LogP contribution in [0.25, 0.3) is 0 Å². The molecule has 2 unspecified atom stereocenters. The number of nitriles is 1. The third-order valence-corrected chi connectivity index (χ3v) is 9.62. The van der Waals surface area contributed by atoms with E-state index in [9.17, 15) is 24.4 Å². The van der Waals surface area contributed by atoms with Gasteiger partial charge in [-0.15, -0.1) is 0 Å². The zero-order valence-electron chi connectivity index (χ0n) is 25.6. The first kappa shape index (κ1) is 30.8. The molecule has 1 aromatic rings. The fraction of sp³-hybridized carbons (Fsp3) is 0.656. The van der Waals surface area contributed by atoms with Crippen LogP contribution >= 0.6 is 0 Å². The normalized spacial score (nSPS) is 27.3. The smallest absolute Gasteiger partial charge is 0.265 e. The lowest BCUT2D eigenvalue weighted by atomic mass is 9.84. The summed E-state index contributed by atoms with van der Waals surface area (Å²) >= 11 is 0. The molecule has 1 saturated carbocycles. The van der Waals surface area contributed by atoms with Gasteiger partial charge in [0.05, 0.1) is 11.8 Å². The summed E-state index contributed by atoms with van der Waals surface area (Å²) in [6.07, 6.45) is 0.954. The van der Waals surface area contributed by atoms with Crippen LogP contribution in [0.1, 0.15) is 60.3 Å². The maximum absolute atomic E-state index is 14.1. The second kappa shape index (κ2) is 11.8. The Kier molecular flexibility index (Phi) is 8.45. The molecule has 232 valence electrons. The number of carbonyl (C=O) groups is 4. The summed E-state index contributed by atoms with van der Waals surface area (Å²) in [5.74, 6) is -0.522. The minimum atomic E-state index is -1.01. The zero-order valence-corrected chi connectivity index (χ0v) is 25.6. The number of ether oxygens (including phenoxy) is 2. The maximum Gasteiger partial charge on any atom is 0.265 e. The predicted molar refractivity (Wildman–Crippen MR) is 157 cm³/mol. The van der Waals surface area contributed by atoms with Gasteiger partial charge in [-0.2, -0.15) is 5.26 Å². The lowest BCUT2D eigenvalue weighted by molar-refractivity contribution is -0.146. The number of nitrogens with zero attached hydrogens (tertiary/aromatic N) is 2. The maximum atomic E-state index is 14.1. The van der Waals surface area contributed by atoms with E-state index in [1.165, 1.54) is 0 Å². The molecule has 0 aromatic heterocycles. The SMILES string of the molecule is CC(C)(C)C(NC(=O)CC1CCOCC1)C(=O)N1C[C@H]2[C@@H]([C@H]1C(=O)NC(C#N)C[C@@H]1Oc3ccccc3NC1=O)C2(C)C. The van der Waals surface area contributed by atoms with Gasteiger partial charge in [-0.3, -0.25) is 19.2 Å². The van der Waals surface area contributed by atoms with Crippen molar-refractivity contribution in [3.05, 3.63) is 24.3 Å². The first-order chi connectivity index (χ1) is 20.3. The van der Waals surface area contributed by atoms with E-state index in [1.54, 1.807) is 29.2 Å². The summed E-state index contributed by atoms with van der Waals surface area (Å²) in [5.41, 5.74) is -0.180. The number of anilines is 1. The summed E-state index contributed by atoms with van der Waals surface area (Å²) in [4.78, 5) is 55.3. The number of nitrogens with one attached hydrogen (secondary N) is 3. The van der Waals surface area contributed by atoms with Crippen LogP contribution in [0.5, 0.6) is 5.75 Å². The van der Waals surface area contributed by atoms with Crippen LogP contribution < -0.4 is 20.7 Å². The predicted octanol–water partition coefficient (Wildman–Crippen LogP) is 2.62. The second-order valence-electron chi connectivity index (χ2n) is 14.0. The van der Waals surface area contributed by atoms with Crippen LogP contribution in [0.4, 0.5) is 5.69 Å². The molecule has 5 rings (SSSR count). The quantitative estimate of drug-likeness (QED) is 0.419. The van der Waals surface area contributed by atoms with E-state index < -0.39 is 41.5 Å². The summed E-state index contributed by atoms with van der Waals surface area (Å²) < 4.78 is 11.2. The van der Waals surface area contributed by atoms with Crippen LogP contribution in [0.2, 0.25) is 0 Å². The topological polar surface area (TPSA) is 150 Å². The van der Waals surface area contributed by atoms with Gasteiger partial charge in [-0.05, 0) is 53.6 Å². The van der Waals surface area contributed by atoms with Crippen molar-refractivity contribution in [3.8, 4) is 11.8 Å². The molecule has 0 radical (unpaired) electrons. The van der Waals surface area contributed by atoms with Gasteiger partial charge >= 0.3 is 0 Å². The Morgan fingerprint density at radius 3 is 2.53 bits per heavy atom. The first-order valence-electron chi connectivity index (χ1n) is 15.3. The molecule has 2 saturated heterocycles. The fourth-order valence-electron chi connectivity index (χ4n) is 6.92. The molecule has 4 amide bonds. The highest BCUT2D eigenvalue weighted by atomic mass is 16.5. The van der Waals surface area contributed by atoms with Gasteiger partial charge in [0.25, 0.3) is 5.91 Å². The lowest BCUT2D eigenvalue weighted by Gasteiger charge is -2.38. The Bertz CT molecular complexity index is 1310. The van der Waals surface area contributed by atoms with Gasteiger partial charge < -0.3 is 30.3 Å². The minimum Gasteiger partial charge on any atom is -0.478 e. The Balaban J connectivity index is 1.28. The third-order valence-electron chi connectivity index (χ3n) is 9.62. The van der Waals surface area contributed by atoms with Crippen molar-refractivity contribution < 1.29 is 28.7 Å². The number of fused-ring (bicyclic) bond motifs is 2. The molecular weight excluding hydrogens is 550 g/mol. The monoisotopic (exact) mass is 593 g/mol. The number of hydrogen-bond donors (Lipinski definition) is 3. The van der Waals surface area contributed by atoms with Crippen LogP contribution in [-0.4, -0.2) is 72.5 Å². The second-order valence-corrected chi connectivity index (χ2v) is 14.0. The third kappa shape index (κ3) is 6.35. The number of rotatable bonds is 8. The van der Waals surface area contributed by atoms with Gasteiger partial charge in [0.15, 0.2) is 6.10 Å². The highest BCUT2D eigenvalue weighted by Crippen LogP contribution is 2.65. The number of likely N-dealkylation sites (tertiary alicyclic amines) is 1. The van der Waals surface area contributed by atoms with E-state index in [1.807, 2.05) is 20.8 Å². The molecule has 11 nitrogen and oxygen atoms in total. The molecule has 3 fully saturated rings. The first-order valence-corrected chi connectivity index (χ1v) is 15.3. The molecule has 1 aliphatic carbocycles. The Morgan fingerprint density at radius 1 is 1.16 bits per heavy atom. The molecule has 11 heteroatoms. The standard InChI is InChI=1S/C32H43N5O6/c1-31(2,3)27(36-24(38)14-18-10-12-42-13-11-18)30(41)37-17-20-25(32(20,4)5)26(37)29(40)34-19(16-33)15-23-28(39)35-21-8-6-7-9-22(21)43-23/h6-9,18-20,23,25-27H,10-15,17H2,1-5H3,(H,34,40)(H,35,39)(H,36,38)/t19?,20-,23-,25-,26-,27?/m0/s1. The zero-order chi connectivity index (χ0) is 31.1. The van der Waals surface area contributed by atoms with Gasteiger partial charge in [0, 0.05) is 32.6 Å². The number of benzene rings is 1. The average Bonchev–Trinajstić information content (AvgIpc) is 3.27. The lowest BCUT2D eigenvalue weighted by Crippen LogP contribution is -2.60. The van der Waals surface area contributed by atoms with Gasteiger partial charge in [0.1, 0.15) is 23.9 Å². The van der Waals surface area contributed by atoms with Gasteiger partial charge in [-0.1, -0.05) is 46.8 Å². The molecule has 3 N–H and O–H groups in total. The van der Waals surface area contributed by atoms with Crippen molar-refractivity contribution in [1.82, 2.24) is 15.5 Å². The van der Waals surface area contributed by atoms with E-state index in [-0.39, 0.29) is 41.4 Å². The Morgan fingerprint density at radius 2 is 1.86 bits per heavy atom. The van der Waals surface area contributed by atoms with Crippen LogP contribution in [-0.2, 0) is 23.9 Å². The highest BCUT2D eigenvalue weighted by molar-refractivity contribution is 5.98. The van der Waals surface area contributed by atoms with Crippen molar-refractivity contribution in [2.45, 2.75) is 84.5 Å². The Hall–Kier alpha value is -3.65. The fourth-order valence-corrected chi connectivity index (χ4v) is 6.92. The minimum absolute atomic E-state index is 0.0482. The van der Waals surface area contributed by atoms with Crippen LogP contribution in [0.15, 0.2) is 24.3 Å². The molecular formula is C32H43N5O6. The average molecular weight is 594 g/mol. The number of piperidine rings is 1. The van der Waals surface area contributed by atoms with E-state index in [4.69, 9.17) is 9.47 Å². The molecule has 1 aromatic carbocycles. The number of carbonyl (C=O) groups excluding carboxylic acids is 4. The summed E-state index contributed by atoms with van der Waals surface area (Å²) in [5, 5.41) is 18.5. The molecule has 6 atom stereocenters. The van der Waals surface area contributed by atoms with Crippen molar-refractivity contribution >= 4 is 29.3 Å². The van der Waals surface area contributed by atoms with Crippen molar-refractivity contribution in [3.63, 3.8) is 0 Å². The molecule has 3 aliphatic heterocycles. The summed E-state index contributed by atoms with van der Waals surface area (Å²) in [6.45, 7) is 11.5. The van der Waals surface area contributed by atoms with Crippen LogP contribution in [0.3, 0.4) is 0 Å². The van der Waals surface area contributed by atoms with Gasteiger partial charge in [-0.25, -0.2) is 0 Å². The largest absolute Gasteiger partial charge is 0.478 e. The molecule has 43 heavy (non-hydrogen) atoms. The van der Waals surface area contributed by atoms with E-state index in [0.717, 1.165) is 12.8 Å². The van der Waals surface area contributed by atoms with Crippen molar-refractivity contribution in [2.24, 2.45) is 28.6 Å². The number of para-hydroxylation sites is 2.